The zero-order chi connectivity index (χ0) is 22.0. The number of halogens is 1. The van der Waals surface area contributed by atoms with Gasteiger partial charge in [-0.1, -0.05) is 54.9 Å². The van der Waals surface area contributed by atoms with Crippen LogP contribution in [0.15, 0.2) is 74.5 Å². The van der Waals surface area contributed by atoms with Crippen molar-refractivity contribution in [3.8, 4) is 23.0 Å². The Balaban J connectivity index is 1.51. The first kappa shape index (κ1) is 21.3. The minimum absolute atomic E-state index is 0.150. The first-order valence-corrected chi connectivity index (χ1v) is 11.8. The molecule has 0 saturated heterocycles. The molecular weight excluding hydrogens is 436 g/mol. The maximum absolute atomic E-state index is 12.8. The summed E-state index contributed by atoms with van der Waals surface area (Å²) in [6, 6.07) is 17.4. The average molecular weight is 457 g/mol. The van der Waals surface area contributed by atoms with Gasteiger partial charge in [0.1, 0.15) is 11.5 Å². The molecule has 0 amide bonds. The van der Waals surface area contributed by atoms with E-state index < -0.39 is 9.84 Å². The molecule has 0 saturated carbocycles. The molecular formula is C23H21ClN2O4S. The molecule has 2 aromatic heterocycles. The minimum Gasteiger partial charge on any atom is -0.455 e. The molecule has 8 heteroatoms. The molecule has 4 aromatic rings. The number of hydrogen-bond donors (Lipinski definition) is 0. The molecule has 0 bridgehead atoms. The van der Waals surface area contributed by atoms with Gasteiger partial charge in [-0.3, -0.25) is 0 Å². The van der Waals surface area contributed by atoms with Gasteiger partial charge in [-0.2, -0.15) is 4.98 Å². The number of sulfone groups is 1. The fourth-order valence-electron chi connectivity index (χ4n) is 3.22. The summed E-state index contributed by atoms with van der Waals surface area (Å²) in [5.74, 6) is 1.31. The minimum atomic E-state index is -3.55. The van der Waals surface area contributed by atoms with Crippen LogP contribution in [0.1, 0.15) is 25.2 Å². The van der Waals surface area contributed by atoms with E-state index in [-0.39, 0.29) is 16.5 Å². The zero-order valence-electron chi connectivity index (χ0n) is 17.1. The van der Waals surface area contributed by atoms with Gasteiger partial charge in [0.15, 0.2) is 15.6 Å². The van der Waals surface area contributed by atoms with Gasteiger partial charge in [-0.15, -0.1) is 0 Å². The molecule has 0 unspecified atom stereocenters. The van der Waals surface area contributed by atoms with Gasteiger partial charge < -0.3 is 8.94 Å². The van der Waals surface area contributed by atoms with Gasteiger partial charge in [0, 0.05) is 5.56 Å². The Morgan fingerprint density at radius 2 is 1.74 bits per heavy atom. The lowest BCUT2D eigenvalue weighted by Gasteiger charge is -2.07. The quantitative estimate of drug-likeness (QED) is 0.348. The smallest absolute Gasteiger partial charge is 0.293 e. The van der Waals surface area contributed by atoms with Gasteiger partial charge in [0.05, 0.1) is 9.92 Å². The highest BCUT2D eigenvalue weighted by molar-refractivity contribution is 7.90. The van der Waals surface area contributed by atoms with E-state index in [0.717, 1.165) is 12.0 Å². The second kappa shape index (κ2) is 8.69. The Labute approximate surface area is 185 Å². The first-order valence-electron chi connectivity index (χ1n) is 9.81. The predicted octanol–water partition coefficient (Wildman–Crippen LogP) is 5.82. The van der Waals surface area contributed by atoms with Crippen molar-refractivity contribution in [2.24, 2.45) is 5.92 Å². The average Bonchev–Trinajstić information content (AvgIpc) is 3.37. The molecule has 0 atom stereocenters. The fraction of sp³-hybridized carbons (Fsp3) is 0.217. The summed E-state index contributed by atoms with van der Waals surface area (Å²) in [7, 11) is -3.55. The number of furan rings is 1. The van der Waals surface area contributed by atoms with Crippen LogP contribution >= 0.6 is 11.6 Å². The van der Waals surface area contributed by atoms with Crippen LogP contribution in [0, 0.1) is 5.92 Å². The van der Waals surface area contributed by atoms with E-state index in [1.54, 1.807) is 36.4 Å². The number of hydrogen-bond acceptors (Lipinski definition) is 6. The van der Waals surface area contributed by atoms with Crippen LogP contribution in [0.4, 0.5) is 0 Å². The number of aromatic nitrogens is 2. The van der Waals surface area contributed by atoms with E-state index in [1.807, 2.05) is 24.3 Å². The van der Waals surface area contributed by atoms with Crippen molar-refractivity contribution < 1.29 is 17.4 Å². The zero-order valence-corrected chi connectivity index (χ0v) is 18.7. The largest absolute Gasteiger partial charge is 0.455 e. The van der Waals surface area contributed by atoms with Crippen LogP contribution in [-0.4, -0.2) is 18.6 Å². The molecule has 31 heavy (non-hydrogen) atoms. The lowest BCUT2D eigenvalue weighted by Crippen LogP contribution is -2.04. The van der Waals surface area contributed by atoms with Gasteiger partial charge in [-0.05, 0) is 54.3 Å². The number of nitrogens with zero attached hydrogens (tertiary/aromatic N) is 2. The Bertz CT molecular complexity index is 1290. The molecule has 6 nitrogen and oxygen atoms in total. The highest BCUT2D eigenvalue weighted by atomic mass is 35.5. The van der Waals surface area contributed by atoms with Crippen molar-refractivity contribution in [3.05, 3.63) is 77.0 Å². The SMILES string of the molecule is CC(C)Cc1ccc(S(=O)(=O)Cc2ccc(-c3nc(-c4ccccc4Cl)no3)o2)cc1. The van der Waals surface area contributed by atoms with Crippen molar-refractivity contribution in [1.82, 2.24) is 10.1 Å². The van der Waals surface area contributed by atoms with Crippen molar-refractivity contribution in [1.29, 1.82) is 0 Å². The van der Waals surface area contributed by atoms with E-state index in [1.165, 1.54) is 0 Å². The summed E-state index contributed by atoms with van der Waals surface area (Å²) >= 11 is 6.17. The highest BCUT2D eigenvalue weighted by Crippen LogP contribution is 2.29. The van der Waals surface area contributed by atoms with Crippen LogP contribution in [-0.2, 0) is 22.0 Å². The summed E-state index contributed by atoms with van der Waals surface area (Å²) < 4.78 is 36.5. The van der Waals surface area contributed by atoms with E-state index in [9.17, 15) is 8.42 Å². The van der Waals surface area contributed by atoms with Crippen LogP contribution in [0.2, 0.25) is 5.02 Å². The molecule has 0 aliphatic heterocycles. The van der Waals surface area contributed by atoms with E-state index >= 15 is 0 Å². The fourth-order valence-corrected chi connectivity index (χ4v) is 4.69. The van der Waals surface area contributed by atoms with Crippen molar-refractivity contribution >= 4 is 21.4 Å². The van der Waals surface area contributed by atoms with Crippen LogP contribution in [0.3, 0.4) is 0 Å². The van der Waals surface area contributed by atoms with Crippen LogP contribution in [0.25, 0.3) is 23.0 Å². The number of benzene rings is 2. The molecule has 4 rings (SSSR count). The summed E-state index contributed by atoms with van der Waals surface area (Å²) in [6.45, 7) is 4.25. The number of rotatable bonds is 7. The molecule has 0 spiro atoms. The van der Waals surface area contributed by atoms with Crippen molar-refractivity contribution in [3.63, 3.8) is 0 Å². The standard InChI is InChI=1S/C23H21ClN2O4S/c1-15(2)13-16-7-10-18(11-8-16)31(27,28)14-17-9-12-21(29-17)23-25-22(26-30-23)19-5-3-4-6-20(19)24/h3-12,15H,13-14H2,1-2H3. The highest BCUT2D eigenvalue weighted by Gasteiger charge is 2.20. The van der Waals surface area contributed by atoms with Crippen molar-refractivity contribution in [2.45, 2.75) is 30.9 Å². The molecule has 0 aliphatic carbocycles. The second-order valence-electron chi connectivity index (χ2n) is 7.67. The van der Waals surface area contributed by atoms with Crippen LogP contribution in [0.5, 0.6) is 0 Å². The van der Waals surface area contributed by atoms with E-state index in [2.05, 4.69) is 24.0 Å². The van der Waals surface area contributed by atoms with Gasteiger partial charge in [0.25, 0.3) is 5.89 Å². The molecule has 0 N–H and O–H groups in total. The maximum atomic E-state index is 12.8. The Morgan fingerprint density at radius 1 is 1.00 bits per heavy atom. The summed E-state index contributed by atoms with van der Waals surface area (Å²) in [5.41, 5.74) is 1.74. The third kappa shape index (κ3) is 4.89. The normalized spacial score (nSPS) is 11.9. The predicted molar refractivity (Wildman–Crippen MR) is 118 cm³/mol. The Kier molecular flexibility index (Phi) is 5.98. The molecule has 2 aromatic carbocycles. The lowest BCUT2D eigenvalue weighted by molar-refractivity contribution is 0.413. The molecule has 160 valence electrons. The lowest BCUT2D eigenvalue weighted by atomic mass is 10.0. The topological polar surface area (TPSA) is 86.2 Å². The van der Waals surface area contributed by atoms with Crippen molar-refractivity contribution in [2.75, 3.05) is 0 Å². The van der Waals surface area contributed by atoms with Gasteiger partial charge in [-0.25, -0.2) is 8.42 Å². The molecule has 2 heterocycles. The first-order chi connectivity index (χ1) is 14.8. The monoisotopic (exact) mass is 456 g/mol. The maximum Gasteiger partial charge on any atom is 0.293 e. The molecule has 0 radical (unpaired) electrons. The van der Waals surface area contributed by atoms with Crippen LogP contribution < -0.4 is 0 Å². The summed E-state index contributed by atoms with van der Waals surface area (Å²) in [4.78, 5) is 4.57. The second-order valence-corrected chi connectivity index (χ2v) is 10.1. The van der Waals surface area contributed by atoms with E-state index in [4.69, 9.17) is 20.5 Å². The summed E-state index contributed by atoms with van der Waals surface area (Å²) in [6.07, 6.45) is 0.905. The molecule has 0 fully saturated rings. The third-order valence-corrected chi connectivity index (χ3v) is 6.66. The summed E-state index contributed by atoms with van der Waals surface area (Å²) in [5, 5.41) is 4.44. The van der Waals surface area contributed by atoms with Gasteiger partial charge in [0.2, 0.25) is 5.82 Å². The third-order valence-electron chi connectivity index (χ3n) is 4.67. The Hall–Kier alpha value is -2.90. The molecule has 0 aliphatic rings. The Morgan fingerprint density at radius 3 is 2.45 bits per heavy atom. The van der Waals surface area contributed by atoms with E-state index in [0.29, 0.717) is 33.8 Å². The van der Waals surface area contributed by atoms with Gasteiger partial charge >= 0.3 is 0 Å².